The van der Waals surface area contributed by atoms with Crippen molar-refractivity contribution in [1.29, 1.82) is 0 Å². The number of ether oxygens (including phenoxy) is 2. The van der Waals surface area contributed by atoms with E-state index >= 15 is 0 Å². The van der Waals surface area contributed by atoms with Crippen molar-refractivity contribution in [1.82, 2.24) is 0 Å². The summed E-state index contributed by atoms with van der Waals surface area (Å²) in [5.41, 5.74) is 1.46. The number of hydrogen-bond donors (Lipinski definition) is 0. The summed E-state index contributed by atoms with van der Waals surface area (Å²) in [6, 6.07) is 8.75. The van der Waals surface area contributed by atoms with Crippen LogP contribution in [-0.2, 0) is 4.74 Å². The van der Waals surface area contributed by atoms with E-state index in [4.69, 9.17) is 9.47 Å². The van der Waals surface area contributed by atoms with Crippen molar-refractivity contribution in [2.24, 2.45) is 23.7 Å². The first kappa shape index (κ1) is 14.6. The van der Waals surface area contributed by atoms with Gasteiger partial charge in [-0.25, -0.2) is 0 Å². The molecule has 1 aliphatic heterocycles. The Bertz CT molecular complexity index is 522. The van der Waals surface area contributed by atoms with E-state index in [9.17, 15) is 0 Å². The lowest BCUT2D eigenvalue weighted by molar-refractivity contribution is 0.183. The van der Waals surface area contributed by atoms with Gasteiger partial charge >= 0.3 is 0 Å². The van der Waals surface area contributed by atoms with Crippen LogP contribution < -0.4 is 4.74 Å². The number of rotatable bonds is 6. The van der Waals surface area contributed by atoms with Crippen molar-refractivity contribution in [3.8, 4) is 5.75 Å². The Labute approximate surface area is 134 Å². The lowest BCUT2D eigenvalue weighted by Gasteiger charge is -2.35. The molecule has 4 rings (SSSR count). The van der Waals surface area contributed by atoms with E-state index in [1.165, 1.54) is 31.2 Å². The second kappa shape index (κ2) is 5.88. The minimum absolute atomic E-state index is 0.334. The molecule has 22 heavy (non-hydrogen) atoms. The molecular weight excluding hydrogens is 272 g/mol. The predicted octanol–water partition coefficient (Wildman–Crippen LogP) is 4.64. The average molecular weight is 300 g/mol. The summed E-state index contributed by atoms with van der Waals surface area (Å²) in [6.07, 6.45) is 5.86. The zero-order valence-corrected chi connectivity index (χ0v) is 13.8. The molecule has 3 fully saturated rings. The van der Waals surface area contributed by atoms with Gasteiger partial charge in [-0.15, -0.1) is 0 Å². The largest absolute Gasteiger partial charge is 0.490 e. The van der Waals surface area contributed by atoms with E-state index in [0.717, 1.165) is 36.0 Å². The molecule has 2 nitrogen and oxygen atoms in total. The number of benzene rings is 1. The molecule has 2 bridgehead atoms. The molecule has 6 atom stereocenters. The molecule has 120 valence electrons. The Morgan fingerprint density at radius 3 is 2.59 bits per heavy atom. The Kier molecular flexibility index (Phi) is 3.89. The van der Waals surface area contributed by atoms with Gasteiger partial charge in [0.2, 0.25) is 0 Å². The van der Waals surface area contributed by atoms with E-state index in [1.54, 1.807) is 0 Å². The smallest absolute Gasteiger partial charge is 0.122 e. The zero-order chi connectivity index (χ0) is 15.1. The molecule has 1 aromatic carbocycles. The van der Waals surface area contributed by atoms with Gasteiger partial charge in [0.05, 0.1) is 6.61 Å². The van der Waals surface area contributed by atoms with Crippen LogP contribution in [0.1, 0.15) is 51.0 Å². The summed E-state index contributed by atoms with van der Waals surface area (Å²) in [6.45, 7) is 6.35. The van der Waals surface area contributed by atoms with Crippen molar-refractivity contribution >= 4 is 0 Å². The third kappa shape index (κ3) is 2.46. The van der Waals surface area contributed by atoms with Crippen molar-refractivity contribution < 1.29 is 9.47 Å². The van der Waals surface area contributed by atoms with Gasteiger partial charge < -0.3 is 9.47 Å². The summed E-state index contributed by atoms with van der Waals surface area (Å²) < 4.78 is 11.4. The highest BCUT2D eigenvalue weighted by Gasteiger charge is 2.51. The molecule has 3 aliphatic rings. The molecule has 1 heterocycles. The molecule has 1 aromatic rings. The molecular formula is C20H28O2. The van der Waals surface area contributed by atoms with Gasteiger partial charge in [-0.1, -0.05) is 44.9 Å². The first-order valence-electron chi connectivity index (χ1n) is 9.15. The van der Waals surface area contributed by atoms with Crippen LogP contribution in [0, 0.1) is 23.7 Å². The SMILES string of the molecule is CCC1C2CC(c3ccccc3OCC3CO3)C(C2)C1CC. The number of epoxide rings is 1. The normalized spacial score (nSPS) is 39.2. The van der Waals surface area contributed by atoms with Gasteiger partial charge in [0.1, 0.15) is 18.5 Å². The highest BCUT2D eigenvalue weighted by molar-refractivity contribution is 5.38. The van der Waals surface area contributed by atoms with Crippen LogP contribution in [0.5, 0.6) is 5.75 Å². The summed E-state index contributed by atoms with van der Waals surface area (Å²) in [5, 5.41) is 0. The first-order valence-corrected chi connectivity index (χ1v) is 9.15. The van der Waals surface area contributed by atoms with Crippen molar-refractivity contribution in [2.75, 3.05) is 13.2 Å². The molecule has 0 N–H and O–H groups in total. The molecule has 6 unspecified atom stereocenters. The maximum Gasteiger partial charge on any atom is 0.122 e. The molecule has 2 saturated carbocycles. The van der Waals surface area contributed by atoms with Gasteiger partial charge in [-0.3, -0.25) is 0 Å². The fraction of sp³-hybridized carbons (Fsp3) is 0.700. The quantitative estimate of drug-likeness (QED) is 0.714. The number of fused-ring (bicyclic) bond motifs is 2. The van der Waals surface area contributed by atoms with Crippen LogP contribution >= 0.6 is 0 Å². The van der Waals surface area contributed by atoms with Crippen LogP contribution in [0.25, 0.3) is 0 Å². The molecule has 1 saturated heterocycles. The first-order chi connectivity index (χ1) is 10.8. The fourth-order valence-corrected chi connectivity index (χ4v) is 5.47. The Morgan fingerprint density at radius 2 is 1.86 bits per heavy atom. The Balaban J connectivity index is 1.55. The lowest BCUT2D eigenvalue weighted by Crippen LogP contribution is -2.26. The second-order valence-electron chi connectivity index (χ2n) is 7.45. The monoisotopic (exact) mass is 300 g/mol. The minimum Gasteiger partial charge on any atom is -0.490 e. The van der Waals surface area contributed by atoms with Crippen LogP contribution in [0.4, 0.5) is 0 Å². The van der Waals surface area contributed by atoms with Crippen LogP contribution in [0.2, 0.25) is 0 Å². The van der Waals surface area contributed by atoms with Gasteiger partial charge in [0, 0.05) is 0 Å². The van der Waals surface area contributed by atoms with Crippen LogP contribution in [0.15, 0.2) is 24.3 Å². The van der Waals surface area contributed by atoms with Crippen LogP contribution in [0.3, 0.4) is 0 Å². The summed E-state index contributed by atoms with van der Waals surface area (Å²) in [4.78, 5) is 0. The number of para-hydroxylation sites is 1. The topological polar surface area (TPSA) is 21.8 Å². The van der Waals surface area contributed by atoms with Gasteiger partial charge in [-0.05, 0) is 54.1 Å². The Hall–Kier alpha value is -1.02. The fourth-order valence-electron chi connectivity index (χ4n) is 5.47. The molecule has 2 heteroatoms. The van der Waals surface area contributed by atoms with E-state index in [-0.39, 0.29) is 0 Å². The lowest BCUT2D eigenvalue weighted by atomic mass is 9.70. The highest BCUT2D eigenvalue weighted by atomic mass is 16.6. The van der Waals surface area contributed by atoms with E-state index in [1.807, 2.05) is 0 Å². The van der Waals surface area contributed by atoms with Gasteiger partial charge in [0.25, 0.3) is 0 Å². The average Bonchev–Trinajstić information content (AvgIpc) is 3.20. The summed E-state index contributed by atoms with van der Waals surface area (Å²) >= 11 is 0. The van der Waals surface area contributed by atoms with Gasteiger partial charge in [0.15, 0.2) is 0 Å². The highest BCUT2D eigenvalue weighted by Crippen LogP contribution is 2.61. The van der Waals surface area contributed by atoms with E-state index in [0.29, 0.717) is 18.6 Å². The zero-order valence-electron chi connectivity index (χ0n) is 13.8. The third-order valence-corrected chi connectivity index (χ3v) is 6.44. The Morgan fingerprint density at radius 1 is 1.09 bits per heavy atom. The second-order valence-corrected chi connectivity index (χ2v) is 7.45. The van der Waals surface area contributed by atoms with Gasteiger partial charge in [-0.2, -0.15) is 0 Å². The third-order valence-electron chi connectivity index (χ3n) is 6.44. The standard InChI is InChI=1S/C20H28O2/c1-3-15-13-9-18(16(15)4-2)19(10-13)17-7-5-6-8-20(17)22-12-14-11-21-14/h5-8,13-16,18-19H,3-4,9-12H2,1-2H3. The summed E-state index contributed by atoms with van der Waals surface area (Å²) in [7, 11) is 0. The van der Waals surface area contributed by atoms with E-state index < -0.39 is 0 Å². The summed E-state index contributed by atoms with van der Waals surface area (Å²) in [5.74, 6) is 5.55. The van der Waals surface area contributed by atoms with Crippen molar-refractivity contribution in [3.63, 3.8) is 0 Å². The molecule has 0 aromatic heterocycles. The molecule has 0 radical (unpaired) electrons. The van der Waals surface area contributed by atoms with Crippen LogP contribution in [-0.4, -0.2) is 19.3 Å². The van der Waals surface area contributed by atoms with Crippen molar-refractivity contribution in [2.45, 2.75) is 51.6 Å². The molecule has 0 amide bonds. The predicted molar refractivity (Wildman–Crippen MR) is 88.2 cm³/mol. The molecule has 0 spiro atoms. The van der Waals surface area contributed by atoms with E-state index in [2.05, 4.69) is 38.1 Å². The minimum atomic E-state index is 0.334. The number of hydrogen-bond acceptors (Lipinski definition) is 2. The van der Waals surface area contributed by atoms with Crippen molar-refractivity contribution in [3.05, 3.63) is 29.8 Å². The maximum atomic E-state index is 6.08. The maximum absolute atomic E-state index is 6.08. The molecule has 2 aliphatic carbocycles.